The molecular formula is C17H15N7O6. The molecule has 0 spiro atoms. The van der Waals surface area contributed by atoms with Crippen LogP contribution in [-0.4, -0.2) is 46.8 Å². The zero-order valence-corrected chi connectivity index (χ0v) is 15.5. The Hall–Kier alpha value is -4.16. The summed E-state index contributed by atoms with van der Waals surface area (Å²) in [5, 5.41) is 0.660. The molecule has 0 radical (unpaired) electrons. The van der Waals surface area contributed by atoms with Crippen molar-refractivity contribution in [2.75, 3.05) is 5.01 Å². The molecule has 2 amide bonds. The van der Waals surface area contributed by atoms with Crippen molar-refractivity contribution in [3.05, 3.63) is 55.6 Å². The highest BCUT2D eigenvalue weighted by Crippen LogP contribution is 2.10. The second-order valence-electron chi connectivity index (χ2n) is 6.66. The third-order valence-electron chi connectivity index (χ3n) is 4.67. The van der Waals surface area contributed by atoms with Crippen LogP contribution in [0.1, 0.15) is 24.8 Å². The first-order valence-corrected chi connectivity index (χ1v) is 8.96. The van der Waals surface area contributed by atoms with Gasteiger partial charge in [0, 0.05) is 44.0 Å². The number of nitrogens with one attached hydrogen (secondary N) is 2. The first-order chi connectivity index (χ1) is 14.3. The lowest BCUT2D eigenvalue weighted by Crippen LogP contribution is -2.48. The lowest BCUT2D eigenvalue weighted by Gasteiger charge is -2.16. The van der Waals surface area contributed by atoms with Gasteiger partial charge in [0.1, 0.15) is 5.78 Å². The number of imidazole rings is 1. The van der Waals surface area contributed by atoms with Crippen molar-refractivity contribution in [1.29, 1.82) is 0 Å². The number of aromatic nitrogens is 6. The highest BCUT2D eigenvalue weighted by Gasteiger charge is 2.31. The van der Waals surface area contributed by atoms with Crippen LogP contribution < -0.4 is 21.8 Å². The highest BCUT2D eigenvalue weighted by atomic mass is 16.2. The van der Waals surface area contributed by atoms with Crippen LogP contribution in [0.5, 0.6) is 0 Å². The minimum atomic E-state index is -0.944. The average molecular weight is 413 g/mol. The first-order valence-electron chi connectivity index (χ1n) is 8.96. The number of aryl methyl sites for hydroxylation is 1. The fourth-order valence-electron chi connectivity index (χ4n) is 3.18. The van der Waals surface area contributed by atoms with Crippen LogP contribution in [0.2, 0.25) is 0 Å². The van der Waals surface area contributed by atoms with Gasteiger partial charge >= 0.3 is 5.69 Å². The average Bonchev–Trinajstić information content (AvgIpc) is 3.27. The Bertz CT molecular complexity index is 1350. The fraction of sp³-hybridized carbons (Fsp3) is 0.294. The van der Waals surface area contributed by atoms with Crippen molar-refractivity contribution < 1.29 is 14.4 Å². The molecule has 2 N–H and O–H groups in total. The van der Waals surface area contributed by atoms with Gasteiger partial charge in [0.25, 0.3) is 11.1 Å². The third-order valence-corrected chi connectivity index (χ3v) is 4.67. The number of nitrogens with zero attached hydrogens (tertiary/aromatic N) is 5. The van der Waals surface area contributed by atoms with E-state index in [-0.39, 0.29) is 49.1 Å². The number of carbonyl (C=O) groups excluding carboxylic acids is 3. The SMILES string of the molecule is O=C(CCn1cnc2c(=O)[nH]cnc21)Cc1cn(N2C(=O)CCC2=O)c(=O)[nH]c1=O. The van der Waals surface area contributed by atoms with Gasteiger partial charge in [-0.05, 0) is 0 Å². The molecule has 0 unspecified atom stereocenters. The number of imide groups is 1. The monoisotopic (exact) mass is 413 g/mol. The summed E-state index contributed by atoms with van der Waals surface area (Å²) < 4.78 is 2.26. The van der Waals surface area contributed by atoms with Crippen LogP contribution in [0.3, 0.4) is 0 Å². The minimum Gasteiger partial charge on any atom is -0.315 e. The van der Waals surface area contributed by atoms with Crippen molar-refractivity contribution in [2.45, 2.75) is 32.2 Å². The molecular weight excluding hydrogens is 398 g/mol. The van der Waals surface area contributed by atoms with Gasteiger partial charge in [-0.2, -0.15) is 9.69 Å². The number of ketones is 1. The smallest absolute Gasteiger partial charge is 0.315 e. The lowest BCUT2D eigenvalue weighted by molar-refractivity contribution is -0.123. The number of rotatable bonds is 6. The van der Waals surface area contributed by atoms with E-state index in [1.165, 1.54) is 17.2 Å². The standard InChI is InChI=1S/C17H15N7O6/c25-10(3-4-22-8-20-13-14(22)18-7-19-16(13)29)5-9-6-23(17(30)21-15(9)28)24-11(26)1-2-12(24)27/h6-8H,1-5H2,(H,18,19,29)(H,21,28,30). The molecule has 0 aliphatic carbocycles. The largest absolute Gasteiger partial charge is 0.347 e. The number of H-pyrrole nitrogens is 2. The molecule has 1 aliphatic heterocycles. The summed E-state index contributed by atoms with van der Waals surface area (Å²) in [5.74, 6) is -1.47. The second-order valence-corrected chi connectivity index (χ2v) is 6.66. The van der Waals surface area contributed by atoms with E-state index >= 15 is 0 Å². The first kappa shape index (κ1) is 19.2. The molecule has 4 heterocycles. The quantitative estimate of drug-likeness (QED) is 0.435. The van der Waals surface area contributed by atoms with Crippen LogP contribution in [-0.2, 0) is 27.3 Å². The van der Waals surface area contributed by atoms with Gasteiger partial charge in [-0.1, -0.05) is 0 Å². The molecule has 154 valence electrons. The number of fused-ring (bicyclic) bond motifs is 1. The number of aromatic amines is 2. The summed E-state index contributed by atoms with van der Waals surface area (Å²) in [7, 11) is 0. The van der Waals surface area contributed by atoms with E-state index in [2.05, 4.69) is 15.0 Å². The molecule has 0 saturated carbocycles. The number of hydrogen-bond donors (Lipinski definition) is 2. The van der Waals surface area contributed by atoms with Gasteiger partial charge in [-0.3, -0.25) is 29.0 Å². The Labute approximate surface area is 166 Å². The maximum atomic E-state index is 12.4. The summed E-state index contributed by atoms with van der Waals surface area (Å²) >= 11 is 0. The summed E-state index contributed by atoms with van der Waals surface area (Å²) in [6, 6.07) is 0. The summed E-state index contributed by atoms with van der Waals surface area (Å²) in [6.45, 7) is 0.173. The van der Waals surface area contributed by atoms with E-state index in [1.54, 1.807) is 0 Å². The zero-order chi connectivity index (χ0) is 21.4. The summed E-state index contributed by atoms with van der Waals surface area (Å²) in [4.78, 5) is 84.3. The molecule has 1 aliphatic rings. The Morgan fingerprint density at radius 3 is 2.50 bits per heavy atom. The normalized spacial score (nSPS) is 14.1. The van der Waals surface area contributed by atoms with E-state index < -0.39 is 28.6 Å². The Balaban J connectivity index is 1.52. The highest BCUT2D eigenvalue weighted by molar-refractivity contribution is 6.13. The van der Waals surface area contributed by atoms with Crippen LogP contribution in [0.25, 0.3) is 11.2 Å². The van der Waals surface area contributed by atoms with Gasteiger partial charge in [-0.25, -0.2) is 14.8 Å². The van der Waals surface area contributed by atoms with E-state index in [0.29, 0.717) is 10.7 Å². The Morgan fingerprint density at radius 2 is 1.77 bits per heavy atom. The van der Waals surface area contributed by atoms with Gasteiger partial charge in [0.15, 0.2) is 11.2 Å². The maximum absolute atomic E-state index is 12.4. The van der Waals surface area contributed by atoms with E-state index in [9.17, 15) is 28.8 Å². The van der Waals surface area contributed by atoms with E-state index in [1.807, 2.05) is 4.98 Å². The van der Waals surface area contributed by atoms with Crippen LogP contribution >= 0.6 is 0 Å². The summed E-state index contributed by atoms with van der Waals surface area (Å²) in [5.41, 5.74) is -1.70. The lowest BCUT2D eigenvalue weighted by atomic mass is 10.1. The molecule has 1 fully saturated rings. The number of amides is 2. The second kappa shape index (κ2) is 7.35. The predicted molar refractivity (Wildman–Crippen MR) is 100 cm³/mol. The molecule has 0 atom stereocenters. The molecule has 3 aromatic heterocycles. The van der Waals surface area contributed by atoms with Crippen molar-refractivity contribution >= 4 is 28.8 Å². The van der Waals surface area contributed by atoms with Gasteiger partial charge in [0.2, 0.25) is 11.8 Å². The number of carbonyl (C=O) groups is 3. The van der Waals surface area contributed by atoms with Crippen molar-refractivity contribution in [2.24, 2.45) is 0 Å². The van der Waals surface area contributed by atoms with Crippen molar-refractivity contribution in [1.82, 2.24) is 29.2 Å². The molecule has 3 aromatic rings. The Kier molecular flexibility index (Phi) is 4.69. The van der Waals surface area contributed by atoms with Crippen LogP contribution in [0.4, 0.5) is 0 Å². The third kappa shape index (κ3) is 3.36. The van der Waals surface area contributed by atoms with Crippen LogP contribution in [0, 0.1) is 0 Å². The topological polar surface area (TPSA) is 173 Å². The predicted octanol–water partition coefficient (Wildman–Crippen LogP) is -2.04. The Morgan fingerprint density at radius 1 is 1.03 bits per heavy atom. The molecule has 1 saturated heterocycles. The van der Waals surface area contributed by atoms with Gasteiger partial charge in [0.05, 0.1) is 12.7 Å². The maximum Gasteiger partial charge on any atom is 0.347 e. The van der Waals surface area contributed by atoms with E-state index in [4.69, 9.17) is 0 Å². The molecule has 13 heteroatoms. The molecule has 0 bridgehead atoms. The molecule has 4 rings (SSSR count). The van der Waals surface area contributed by atoms with Gasteiger partial charge < -0.3 is 9.55 Å². The molecule has 0 aromatic carbocycles. The fourth-order valence-corrected chi connectivity index (χ4v) is 3.18. The number of Topliss-reactive ketones (excluding diaryl/α,β-unsaturated/α-hetero) is 1. The number of hydrogen-bond acceptors (Lipinski definition) is 8. The van der Waals surface area contributed by atoms with E-state index in [0.717, 1.165) is 10.9 Å². The van der Waals surface area contributed by atoms with Crippen molar-refractivity contribution in [3.63, 3.8) is 0 Å². The summed E-state index contributed by atoms with van der Waals surface area (Å²) in [6.07, 6.45) is 3.27. The van der Waals surface area contributed by atoms with Gasteiger partial charge in [-0.15, -0.1) is 0 Å². The molecule has 30 heavy (non-hydrogen) atoms. The molecule has 13 nitrogen and oxygen atoms in total. The minimum absolute atomic E-state index is 0.0000802. The van der Waals surface area contributed by atoms with Crippen LogP contribution in [0.15, 0.2) is 33.2 Å². The zero-order valence-electron chi connectivity index (χ0n) is 15.5. The van der Waals surface area contributed by atoms with Crippen molar-refractivity contribution in [3.8, 4) is 0 Å².